The predicted molar refractivity (Wildman–Crippen MR) is 101 cm³/mol. The van der Waals surface area contributed by atoms with Gasteiger partial charge in [-0.2, -0.15) is 13.2 Å². The second-order valence-corrected chi connectivity index (χ2v) is 7.65. The zero-order valence-corrected chi connectivity index (χ0v) is 16.0. The normalized spacial score (nSPS) is 18.9. The van der Waals surface area contributed by atoms with Gasteiger partial charge in [-0.1, -0.05) is 24.3 Å². The van der Waals surface area contributed by atoms with Crippen LogP contribution in [-0.2, 0) is 6.18 Å². The van der Waals surface area contributed by atoms with Crippen LogP contribution in [0, 0.1) is 0 Å². The molecular weight excluding hydrogens is 397 g/mol. The molecule has 0 bridgehead atoms. The van der Waals surface area contributed by atoms with Gasteiger partial charge in [0, 0.05) is 16.7 Å². The van der Waals surface area contributed by atoms with Crippen molar-refractivity contribution in [3.63, 3.8) is 0 Å². The van der Waals surface area contributed by atoms with E-state index in [-0.39, 0.29) is 16.7 Å². The van der Waals surface area contributed by atoms with Crippen molar-refractivity contribution >= 4 is 17.5 Å². The fourth-order valence-corrected chi connectivity index (χ4v) is 4.32. The maximum Gasteiger partial charge on any atom is 0.416 e. The minimum Gasteiger partial charge on any atom is -0.299 e. The lowest BCUT2D eigenvalue weighted by Gasteiger charge is -2.37. The predicted octanol–water partition coefficient (Wildman–Crippen LogP) is 2.28. The molecule has 1 aliphatic heterocycles. The first-order valence-corrected chi connectivity index (χ1v) is 9.79. The number of benzene rings is 2. The number of rotatable bonds is 3. The highest BCUT2D eigenvalue weighted by Gasteiger charge is 2.62. The summed E-state index contributed by atoms with van der Waals surface area (Å²) in [4.78, 5) is 40.4. The van der Waals surface area contributed by atoms with Crippen molar-refractivity contribution in [2.45, 2.75) is 31.1 Å². The molecule has 0 aromatic heterocycles. The van der Waals surface area contributed by atoms with Crippen LogP contribution in [-0.4, -0.2) is 36.2 Å². The molecule has 0 atom stereocenters. The number of carbonyl (C=O) groups is 3. The first-order valence-electron chi connectivity index (χ1n) is 9.79. The molecule has 1 heterocycles. The van der Waals surface area contributed by atoms with Crippen molar-refractivity contribution in [3.05, 3.63) is 70.8 Å². The zero-order chi connectivity index (χ0) is 21.5. The smallest absolute Gasteiger partial charge is 0.299 e. The molecule has 0 radical (unpaired) electrons. The number of amides is 1. The molecule has 1 amide bonds. The van der Waals surface area contributed by atoms with Crippen LogP contribution < -0.4 is 10.2 Å². The Bertz CT molecular complexity index is 974. The SMILES string of the molecule is O=C(NC1([NH+]2CCCCC2)C(=O)c2ccccc2C1=O)c1ccc(C(F)(F)F)cc1. The fourth-order valence-electron chi connectivity index (χ4n) is 4.32. The number of hydrogen-bond acceptors (Lipinski definition) is 3. The van der Waals surface area contributed by atoms with Crippen molar-refractivity contribution in [2.75, 3.05) is 13.1 Å². The Morgan fingerprint density at radius 2 is 1.40 bits per heavy atom. The van der Waals surface area contributed by atoms with E-state index in [4.69, 9.17) is 0 Å². The third-order valence-corrected chi connectivity index (χ3v) is 5.86. The summed E-state index contributed by atoms with van der Waals surface area (Å²) in [6.07, 6.45) is -1.93. The summed E-state index contributed by atoms with van der Waals surface area (Å²) in [5.74, 6) is -1.70. The van der Waals surface area contributed by atoms with E-state index in [1.165, 1.54) is 0 Å². The lowest BCUT2D eigenvalue weighted by molar-refractivity contribution is -0.937. The van der Waals surface area contributed by atoms with E-state index in [1.807, 2.05) is 0 Å². The van der Waals surface area contributed by atoms with Gasteiger partial charge in [0.05, 0.1) is 18.7 Å². The Balaban J connectivity index is 1.71. The summed E-state index contributed by atoms with van der Waals surface area (Å²) >= 11 is 0. The Hall–Kier alpha value is -3.00. The van der Waals surface area contributed by atoms with Gasteiger partial charge in [0.1, 0.15) is 0 Å². The van der Waals surface area contributed by atoms with Gasteiger partial charge in [0.2, 0.25) is 0 Å². The number of alkyl halides is 3. The number of piperidine rings is 1. The van der Waals surface area contributed by atoms with Gasteiger partial charge in [0.15, 0.2) is 0 Å². The quantitative estimate of drug-likeness (QED) is 0.753. The Morgan fingerprint density at radius 3 is 1.90 bits per heavy atom. The van der Waals surface area contributed by atoms with Gasteiger partial charge in [-0.15, -0.1) is 0 Å². The number of carbonyl (C=O) groups excluding carboxylic acids is 3. The van der Waals surface area contributed by atoms with Crippen molar-refractivity contribution in [1.29, 1.82) is 0 Å². The van der Waals surface area contributed by atoms with E-state index in [0.717, 1.165) is 43.5 Å². The molecule has 2 aromatic carbocycles. The molecule has 30 heavy (non-hydrogen) atoms. The molecular formula is C22H20F3N2O3+. The van der Waals surface area contributed by atoms with Gasteiger partial charge in [-0.3, -0.25) is 24.6 Å². The molecule has 2 aromatic rings. The van der Waals surface area contributed by atoms with Crippen LogP contribution in [0.2, 0.25) is 0 Å². The van der Waals surface area contributed by atoms with Crippen molar-refractivity contribution in [1.82, 2.24) is 5.32 Å². The summed E-state index contributed by atoms with van der Waals surface area (Å²) in [6, 6.07) is 10.1. The third kappa shape index (κ3) is 3.21. The summed E-state index contributed by atoms with van der Waals surface area (Å²) in [5, 5.41) is 2.63. The second-order valence-electron chi connectivity index (χ2n) is 7.65. The first-order chi connectivity index (χ1) is 14.2. The Labute approximate surface area is 170 Å². The van der Waals surface area contributed by atoms with Gasteiger partial charge >= 0.3 is 11.8 Å². The average molecular weight is 417 g/mol. The maximum absolute atomic E-state index is 13.4. The van der Waals surface area contributed by atoms with Gasteiger partial charge in [0.25, 0.3) is 17.5 Å². The van der Waals surface area contributed by atoms with Crippen LogP contribution in [0.3, 0.4) is 0 Å². The van der Waals surface area contributed by atoms with E-state index in [2.05, 4.69) is 5.32 Å². The van der Waals surface area contributed by atoms with E-state index >= 15 is 0 Å². The average Bonchev–Trinajstić information content (AvgIpc) is 2.96. The molecule has 0 saturated carbocycles. The van der Waals surface area contributed by atoms with E-state index < -0.39 is 34.9 Å². The molecule has 4 rings (SSSR count). The summed E-state index contributed by atoms with van der Waals surface area (Å²) in [5.41, 5.74) is -2.20. The highest BCUT2D eigenvalue weighted by molar-refractivity contribution is 6.32. The van der Waals surface area contributed by atoms with Crippen LogP contribution in [0.5, 0.6) is 0 Å². The lowest BCUT2D eigenvalue weighted by Crippen LogP contribution is -3.25. The molecule has 8 heteroatoms. The Morgan fingerprint density at radius 1 is 0.867 bits per heavy atom. The molecule has 1 fully saturated rings. The molecule has 5 nitrogen and oxygen atoms in total. The molecule has 2 aliphatic rings. The molecule has 0 unspecified atom stereocenters. The monoisotopic (exact) mass is 417 g/mol. The third-order valence-electron chi connectivity index (χ3n) is 5.86. The second kappa shape index (κ2) is 7.36. The van der Waals surface area contributed by atoms with Crippen LogP contribution in [0.1, 0.15) is 55.9 Å². The highest BCUT2D eigenvalue weighted by atomic mass is 19.4. The molecule has 2 N–H and O–H groups in total. The Kier molecular flexibility index (Phi) is 4.97. The van der Waals surface area contributed by atoms with Gasteiger partial charge < -0.3 is 0 Å². The standard InChI is InChI=1S/C22H19F3N2O3/c23-22(24,25)15-10-8-14(9-11-15)20(30)26-21(27-12-4-1-5-13-27)18(28)16-6-2-3-7-17(16)19(21)29/h2-3,6-11H,1,4-5,12-13H2,(H,26,30)/p+1. The van der Waals surface area contributed by atoms with Crippen LogP contribution in [0.15, 0.2) is 48.5 Å². The molecule has 156 valence electrons. The van der Waals surface area contributed by atoms with E-state index in [0.29, 0.717) is 18.0 Å². The van der Waals surface area contributed by atoms with Crippen LogP contribution in [0.25, 0.3) is 0 Å². The van der Waals surface area contributed by atoms with E-state index in [9.17, 15) is 27.6 Å². The number of Topliss-reactive ketones (excluding diaryl/α,β-unsaturated/α-hetero) is 2. The number of quaternary nitrogens is 1. The molecule has 1 aliphatic carbocycles. The maximum atomic E-state index is 13.4. The minimum atomic E-state index is -4.52. The van der Waals surface area contributed by atoms with Crippen molar-refractivity contribution in [2.24, 2.45) is 0 Å². The van der Waals surface area contributed by atoms with Gasteiger partial charge in [-0.05, 0) is 43.5 Å². The van der Waals surface area contributed by atoms with E-state index in [1.54, 1.807) is 24.3 Å². The van der Waals surface area contributed by atoms with Crippen LogP contribution >= 0.6 is 0 Å². The van der Waals surface area contributed by atoms with Gasteiger partial charge in [-0.25, -0.2) is 0 Å². The van der Waals surface area contributed by atoms with Crippen molar-refractivity contribution in [3.8, 4) is 0 Å². The fraction of sp³-hybridized carbons (Fsp3) is 0.318. The number of likely N-dealkylation sites (tertiary alicyclic amines) is 1. The van der Waals surface area contributed by atoms with Crippen LogP contribution in [0.4, 0.5) is 13.2 Å². The van der Waals surface area contributed by atoms with Crippen molar-refractivity contribution < 1.29 is 32.5 Å². The number of hydrogen-bond donors (Lipinski definition) is 2. The largest absolute Gasteiger partial charge is 0.416 e. The summed E-state index contributed by atoms with van der Waals surface area (Å²) < 4.78 is 38.4. The highest BCUT2D eigenvalue weighted by Crippen LogP contribution is 2.30. The zero-order valence-electron chi connectivity index (χ0n) is 16.0. The minimum absolute atomic E-state index is 0.0460. The first kappa shape index (κ1) is 20.3. The lowest BCUT2D eigenvalue weighted by atomic mass is 9.97. The molecule has 1 saturated heterocycles. The summed E-state index contributed by atoms with van der Waals surface area (Å²) in [6.45, 7) is 1.08. The number of ketones is 2. The number of halogens is 3. The number of nitrogens with one attached hydrogen (secondary N) is 2. The number of fused-ring (bicyclic) bond motifs is 1. The summed E-state index contributed by atoms with van der Waals surface area (Å²) in [7, 11) is 0. The molecule has 0 spiro atoms. The topological polar surface area (TPSA) is 67.7 Å².